The van der Waals surface area contributed by atoms with E-state index in [-0.39, 0.29) is 6.09 Å². The summed E-state index contributed by atoms with van der Waals surface area (Å²) in [6, 6.07) is 7.97. The van der Waals surface area contributed by atoms with Crippen molar-refractivity contribution in [1.29, 1.82) is 0 Å². The van der Waals surface area contributed by atoms with E-state index >= 15 is 0 Å². The van der Waals surface area contributed by atoms with Gasteiger partial charge in [0.15, 0.2) is 0 Å². The monoisotopic (exact) mass is 291 g/mol. The first-order chi connectivity index (χ1) is 9.85. The third kappa shape index (κ3) is 6.19. The number of hydrogen-bond donors (Lipinski definition) is 0. The minimum atomic E-state index is -0.471. The number of carbonyl (C=O) groups is 1. The van der Waals surface area contributed by atoms with E-state index in [1.807, 2.05) is 52.0 Å². The van der Waals surface area contributed by atoms with Crippen LogP contribution in [0.1, 0.15) is 58.9 Å². The molecule has 0 unspecified atom stereocenters. The first-order valence-corrected chi connectivity index (χ1v) is 7.91. The van der Waals surface area contributed by atoms with Gasteiger partial charge in [-0.2, -0.15) is 0 Å². The highest BCUT2D eigenvalue weighted by molar-refractivity contribution is 5.88. The van der Waals surface area contributed by atoms with Crippen LogP contribution in [0.4, 0.5) is 10.5 Å². The summed E-state index contributed by atoms with van der Waals surface area (Å²) in [5.74, 6) is 0. The highest BCUT2D eigenvalue weighted by atomic mass is 16.6. The van der Waals surface area contributed by atoms with Crippen LogP contribution in [0.25, 0.3) is 0 Å². The Kier molecular flexibility index (Phi) is 6.73. The lowest BCUT2D eigenvalue weighted by atomic mass is 10.1. The van der Waals surface area contributed by atoms with Crippen LogP contribution >= 0.6 is 0 Å². The molecule has 21 heavy (non-hydrogen) atoms. The van der Waals surface area contributed by atoms with E-state index in [2.05, 4.69) is 6.92 Å². The van der Waals surface area contributed by atoms with Crippen LogP contribution in [0.5, 0.6) is 0 Å². The maximum Gasteiger partial charge on any atom is 0.414 e. The van der Waals surface area contributed by atoms with Crippen molar-refractivity contribution < 1.29 is 9.53 Å². The zero-order chi connectivity index (χ0) is 15.9. The largest absolute Gasteiger partial charge is 0.443 e. The lowest BCUT2D eigenvalue weighted by Crippen LogP contribution is -2.37. The van der Waals surface area contributed by atoms with Gasteiger partial charge in [0.25, 0.3) is 0 Å². The van der Waals surface area contributed by atoms with Crippen molar-refractivity contribution in [3.63, 3.8) is 0 Å². The van der Waals surface area contributed by atoms with Gasteiger partial charge in [0, 0.05) is 12.2 Å². The van der Waals surface area contributed by atoms with Gasteiger partial charge in [0.1, 0.15) is 5.60 Å². The summed E-state index contributed by atoms with van der Waals surface area (Å²) >= 11 is 0. The fourth-order valence-corrected chi connectivity index (χ4v) is 2.19. The van der Waals surface area contributed by atoms with Gasteiger partial charge in [-0.15, -0.1) is 0 Å². The molecule has 1 aromatic carbocycles. The summed E-state index contributed by atoms with van der Waals surface area (Å²) in [6.45, 7) is 10.6. The number of amides is 1. The summed E-state index contributed by atoms with van der Waals surface area (Å²) in [4.78, 5) is 14.3. The highest BCUT2D eigenvalue weighted by Crippen LogP contribution is 2.23. The van der Waals surface area contributed by atoms with Crippen LogP contribution in [0.15, 0.2) is 24.3 Å². The average Bonchev–Trinajstić information content (AvgIpc) is 2.38. The Labute approximate surface area is 129 Å². The molecular formula is C18H29NO2. The van der Waals surface area contributed by atoms with Crippen molar-refractivity contribution in [1.82, 2.24) is 0 Å². The standard InChI is InChI=1S/C18H29NO2/c1-6-7-8-11-14-19(17(20)21-18(3,4)5)16-13-10-9-12-15(16)2/h9-10,12-13H,6-8,11,14H2,1-5H3. The molecule has 0 aliphatic heterocycles. The molecule has 0 radical (unpaired) electrons. The van der Waals surface area contributed by atoms with Gasteiger partial charge in [-0.05, 0) is 45.7 Å². The molecule has 0 N–H and O–H groups in total. The Morgan fingerprint density at radius 1 is 1.14 bits per heavy atom. The molecule has 0 aliphatic rings. The molecule has 0 fully saturated rings. The number of hydrogen-bond acceptors (Lipinski definition) is 2. The van der Waals surface area contributed by atoms with Gasteiger partial charge >= 0.3 is 6.09 Å². The van der Waals surface area contributed by atoms with Crippen molar-refractivity contribution in [2.24, 2.45) is 0 Å². The van der Waals surface area contributed by atoms with Gasteiger partial charge in [-0.1, -0.05) is 44.4 Å². The number of anilines is 1. The molecule has 0 atom stereocenters. The SMILES string of the molecule is CCCCCCN(C(=O)OC(C)(C)C)c1ccccc1C. The molecule has 3 heteroatoms. The fraction of sp³-hybridized carbons (Fsp3) is 0.611. The van der Waals surface area contributed by atoms with E-state index in [0.29, 0.717) is 6.54 Å². The van der Waals surface area contributed by atoms with E-state index in [4.69, 9.17) is 4.74 Å². The quantitative estimate of drug-likeness (QED) is 0.664. The topological polar surface area (TPSA) is 29.5 Å². The van der Waals surface area contributed by atoms with E-state index in [0.717, 1.165) is 24.1 Å². The van der Waals surface area contributed by atoms with Gasteiger partial charge in [-0.3, -0.25) is 4.90 Å². The molecule has 0 aliphatic carbocycles. The van der Waals surface area contributed by atoms with Crippen molar-refractivity contribution in [2.45, 2.75) is 65.9 Å². The Morgan fingerprint density at radius 2 is 1.81 bits per heavy atom. The summed E-state index contributed by atoms with van der Waals surface area (Å²) in [5, 5.41) is 0. The highest BCUT2D eigenvalue weighted by Gasteiger charge is 2.23. The maximum atomic E-state index is 12.5. The molecule has 3 nitrogen and oxygen atoms in total. The van der Waals surface area contributed by atoms with Gasteiger partial charge in [-0.25, -0.2) is 4.79 Å². The molecule has 0 saturated carbocycles. The Hall–Kier alpha value is -1.51. The number of nitrogens with zero attached hydrogens (tertiary/aromatic N) is 1. The summed E-state index contributed by atoms with van der Waals surface area (Å²) in [5.41, 5.74) is 1.57. The third-order valence-electron chi connectivity index (χ3n) is 3.26. The van der Waals surface area contributed by atoms with E-state index in [9.17, 15) is 4.79 Å². The molecule has 1 rings (SSSR count). The van der Waals surface area contributed by atoms with Crippen molar-refractivity contribution in [3.05, 3.63) is 29.8 Å². The zero-order valence-electron chi connectivity index (χ0n) is 14.1. The molecule has 0 heterocycles. The lowest BCUT2D eigenvalue weighted by Gasteiger charge is -2.28. The van der Waals surface area contributed by atoms with E-state index in [1.165, 1.54) is 12.8 Å². The van der Waals surface area contributed by atoms with Crippen molar-refractivity contribution in [2.75, 3.05) is 11.4 Å². The van der Waals surface area contributed by atoms with Crippen LogP contribution < -0.4 is 4.90 Å². The van der Waals surface area contributed by atoms with Gasteiger partial charge in [0.05, 0.1) is 0 Å². The van der Waals surface area contributed by atoms with Gasteiger partial charge < -0.3 is 4.74 Å². The molecule has 0 saturated heterocycles. The summed E-state index contributed by atoms with van der Waals surface area (Å²) in [6.07, 6.45) is 4.28. The molecule has 118 valence electrons. The lowest BCUT2D eigenvalue weighted by molar-refractivity contribution is 0.0579. The summed E-state index contributed by atoms with van der Waals surface area (Å²) in [7, 11) is 0. The number of unbranched alkanes of at least 4 members (excludes halogenated alkanes) is 3. The number of carbonyl (C=O) groups excluding carboxylic acids is 1. The van der Waals surface area contributed by atoms with E-state index < -0.39 is 5.60 Å². The molecule has 1 aromatic rings. The van der Waals surface area contributed by atoms with Crippen molar-refractivity contribution >= 4 is 11.8 Å². The second-order valence-corrected chi connectivity index (χ2v) is 6.48. The second-order valence-electron chi connectivity index (χ2n) is 6.48. The molecule has 1 amide bonds. The number of aryl methyl sites for hydroxylation is 1. The smallest absolute Gasteiger partial charge is 0.414 e. The maximum absolute atomic E-state index is 12.5. The fourth-order valence-electron chi connectivity index (χ4n) is 2.19. The predicted octanol–water partition coefficient (Wildman–Crippen LogP) is 5.32. The average molecular weight is 291 g/mol. The first kappa shape index (κ1) is 17.5. The Morgan fingerprint density at radius 3 is 2.38 bits per heavy atom. The summed E-state index contributed by atoms with van der Waals surface area (Å²) < 4.78 is 5.55. The zero-order valence-corrected chi connectivity index (χ0v) is 14.1. The van der Waals surface area contributed by atoms with Crippen LogP contribution in [0.3, 0.4) is 0 Å². The minimum absolute atomic E-state index is 0.256. The number of rotatable bonds is 6. The Balaban J connectivity index is 2.84. The van der Waals surface area contributed by atoms with Crippen LogP contribution in [0, 0.1) is 6.92 Å². The van der Waals surface area contributed by atoms with Crippen molar-refractivity contribution in [3.8, 4) is 0 Å². The second kappa shape index (κ2) is 8.06. The molecule has 0 bridgehead atoms. The third-order valence-corrected chi connectivity index (χ3v) is 3.26. The first-order valence-electron chi connectivity index (χ1n) is 7.91. The van der Waals surface area contributed by atoms with Crippen LogP contribution in [0.2, 0.25) is 0 Å². The predicted molar refractivity (Wildman–Crippen MR) is 88.9 cm³/mol. The molecule has 0 aromatic heterocycles. The number of ether oxygens (including phenoxy) is 1. The normalized spacial score (nSPS) is 11.3. The van der Waals surface area contributed by atoms with Crippen LogP contribution in [-0.2, 0) is 4.74 Å². The number of para-hydroxylation sites is 1. The van der Waals surface area contributed by atoms with E-state index in [1.54, 1.807) is 4.90 Å². The molecule has 0 spiro atoms. The number of benzene rings is 1. The Bertz CT molecular complexity index is 449. The minimum Gasteiger partial charge on any atom is -0.443 e. The van der Waals surface area contributed by atoms with Crippen LogP contribution in [-0.4, -0.2) is 18.2 Å². The van der Waals surface area contributed by atoms with Gasteiger partial charge in [0.2, 0.25) is 0 Å². The molecular weight excluding hydrogens is 262 g/mol.